The van der Waals surface area contributed by atoms with Gasteiger partial charge in [-0.15, -0.1) is 0 Å². The summed E-state index contributed by atoms with van der Waals surface area (Å²) < 4.78 is 0. The van der Waals surface area contributed by atoms with Crippen LogP contribution in [0.5, 0.6) is 0 Å². The zero-order chi connectivity index (χ0) is 10.4. The number of aryl methyl sites for hydroxylation is 1. The van der Waals surface area contributed by atoms with Crippen molar-refractivity contribution in [3.8, 4) is 0 Å². The maximum absolute atomic E-state index is 5.03. The molecule has 14 heavy (non-hydrogen) atoms. The average molecular weight is 209 g/mol. The summed E-state index contributed by atoms with van der Waals surface area (Å²) in [4.78, 5) is 4.21. The fraction of sp³-hybridized carbons (Fsp3) is 0.125. The highest BCUT2D eigenvalue weighted by Gasteiger charge is 1.90. The van der Waals surface area contributed by atoms with Gasteiger partial charge in [0.15, 0.2) is 0 Å². The number of pyridine rings is 1. The number of hydrazine groups is 1. The molecule has 0 aliphatic carbocycles. The van der Waals surface area contributed by atoms with Crippen LogP contribution in [0.2, 0.25) is 0 Å². The zero-order valence-electron chi connectivity index (χ0n) is 7.69. The minimum atomic E-state index is 0.258. The normalized spacial score (nSPS) is 10.1. The lowest BCUT2D eigenvalue weighted by molar-refractivity contribution is 0.929. The van der Waals surface area contributed by atoms with E-state index in [0.717, 1.165) is 11.4 Å². The van der Waals surface area contributed by atoms with E-state index in [9.17, 15) is 0 Å². The van der Waals surface area contributed by atoms with E-state index in [4.69, 9.17) is 18.1 Å². The standard InChI is InChI=1S/C8H11N5S/c1-6-3-2-4-7(11-6)5-10-13-8(14)12-9/h2-5H,9H2,1H3,(H2,12,13,14)/b10-5+. The second kappa shape index (κ2) is 5.25. The van der Waals surface area contributed by atoms with Gasteiger partial charge >= 0.3 is 0 Å². The van der Waals surface area contributed by atoms with Crippen LogP contribution in [-0.2, 0) is 0 Å². The average Bonchev–Trinajstić information content (AvgIpc) is 2.17. The summed E-state index contributed by atoms with van der Waals surface area (Å²) in [6.07, 6.45) is 1.57. The molecule has 0 atom stereocenters. The molecule has 0 aromatic carbocycles. The van der Waals surface area contributed by atoms with Crippen LogP contribution in [0.1, 0.15) is 11.4 Å². The smallest absolute Gasteiger partial charge is 0.201 e. The molecule has 1 rings (SSSR count). The molecule has 5 nitrogen and oxygen atoms in total. The molecule has 0 unspecified atom stereocenters. The SMILES string of the molecule is Cc1cccc(/C=N/NC(=S)NN)n1. The van der Waals surface area contributed by atoms with Crippen molar-refractivity contribution in [1.29, 1.82) is 0 Å². The van der Waals surface area contributed by atoms with Gasteiger partial charge in [0.2, 0.25) is 5.11 Å². The summed E-state index contributed by atoms with van der Waals surface area (Å²) in [7, 11) is 0. The van der Waals surface area contributed by atoms with Crippen molar-refractivity contribution >= 4 is 23.5 Å². The molecule has 0 fully saturated rings. The molecule has 1 heterocycles. The Morgan fingerprint density at radius 2 is 2.43 bits per heavy atom. The summed E-state index contributed by atoms with van der Waals surface area (Å²) >= 11 is 4.72. The Labute approximate surface area is 87.4 Å². The number of hydrogen-bond donors (Lipinski definition) is 3. The molecule has 0 aliphatic rings. The molecular formula is C8H11N5S. The number of nitrogens with zero attached hydrogens (tertiary/aromatic N) is 2. The predicted molar refractivity (Wildman–Crippen MR) is 59.6 cm³/mol. The van der Waals surface area contributed by atoms with Crippen LogP contribution in [0.25, 0.3) is 0 Å². The molecule has 0 aliphatic heterocycles. The molecule has 0 saturated heterocycles. The number of nitrogens with two attached hydrogens (primary N) is 1. The van der Waals surface area contributed by atoms with Gasteiger partial charge in [-0.3, -0.25) is 15.8 Å². The van der Waals surface area contributed by atoms with Gasteiger partial charge in [0, 0.05) is 5.69 Å². The van der Waals surface area contributed by atoms with Crippen LogP contribution in [0.4, 0.5) is 0 Å². The van der Waals surface area contributed by atoms with Crippen LogP contribution in [0.15, 0.2) is 23.3 Å². The van der Waals surface area contributed by atoms with Crippen LogP contribution >= 0.6 is 12.2 Å². The molecule has 1 aromatic rings. The van der Waals surface area contributed by atoms with Crippen LogP contribution < -0.4 is 16.7 Å². The van der Waals surface area contributed by atoms with Crippen LogP contribution in [-0.4, -0.2) is 16.3 Å². The van der Waals surface area contributed by atoms with Crippen molar-refractivity contribution in [3.05, 3.63) is 29.6 Å². The van der Waals surface area contributed by atoms with E-state index in [0.29, 0.717) is 0 Å². The highest BCUT2D eigenvalue weighted by molar-refractivity contribution is 7.80. The van der Waals surface area contributed by atoms with Gasteiger partial charge in [0.25, 0.3) is 0 Å². The highest BCUT2D eigenvalue weighted by atomic mass is 32.1. The van der Waals surface area contributed by atoms with Gasteiger partial charge in [0.1, 0.15) is 0 Å². The van der Waals surface area contributed by atoms with Crippen molar-refractivity contribution < 1.29 is 0 Å². The van der Waals surface area contributed by atoms with Crippen LogP contribution in [0, 0.1) is 6.92 Å². The summed E-state index contributed by atoms with van der Waals surface area (Å²) in [5.41, 5.74) is 6.47. The highest BCUT2D eigenvalue weighted by Crippen LogP contribution is 1.94. The Hall–Kier alpha value is -1.53. The molecule has 0 saturated carbocycles. The first-order valence-electron chi connectivity index (χ1n) is 3.95. The van der Waals surface area contributed by atoms with Gasteiger partial charge in [-0.2, -0.15) is 5.10 Å². The molecule has 6 heteroatoms. The molecule has 1 aromatic heterocycles. The molecule has 0 amide bonds. The van der Waals surface area contributed by atoms with Crippen molar-refractivity contribution in [2.45, 2.75) is 6.92 Å². The van der Waals surface area contributed by atoms with Gasteiger partial charge in [0.05, 0.1) is 11.9 Å². The van der Waals surface area contributed by atoms with E-state index >= 15 is 0 Å². The van der Waals surface area contributed by atoms with Gasteiger partial charge in [-0.05, 0) is 31.3 Å². The first-order chi connectivity index (χ1) is 6.72. The maximum atomic E-state index is 5.03. The third-order valence-electron chi connectivity index (χ3n) is 1.40. The second-order valence-electron chi connectivity index (χ2n) is 2.55. The van der Waals surface area contributed by atoms with Crippen LogP contribution in [0.3, 0.4) is 0 Å². The van der Waals surface area contributed by atoms with Crippen molar-refractivity contribution in [2.75, 3.05) is 0 Å². The minimum absolute atomic E-state index is 0.258. The Balaban J connectivity index is 2.56. The molecular weight excluding hydrogens is 198 g/mol. The lowest BCUT2D eigenvalue weighted by Crippen LogP contribution is -2.37. The number of aromatic nitrogens is 1. The summed E-state index contributed by atoms with van der Waals surface area (Å²) in [6.45, 7) is 1.91. The summed E-state index contributed by atoms with van der Waals surface area (Å²) in [5.74, 6) is 5.03. The van der Waals surface area contributed by atoms with E-state index < -0.39 is 0 Å². The van der Waals surface area contributed by atoms with Gasteiger partial charge in [-0.1, -0.05) is 6.07 Å². The van der Waals surface area contributed by atoms with Crippen molar-refractivity contribution in [3.63, 3.8) is 0 Å². The third-order valence-corrected chi connectivity index (χ3v) is 1.61. The number of hydrazone groups is 1. The van der Waals surface area contributed by atoms with Crippen molar-refractivity contribution in [1.82, 2.24) is 15.8 Å². The first-order valence-corrected chi connectivity index (χ1v) is 4.36. The zero-order valence-corrected chi connectivity index (χ0v) is 8.51. The maximum Gasteiger partial charge on any atom is 0.201 e. The Morgan fingerprint density at radius 1 is 1.64 bits per heavy atom. The second-order valence-corrected chi connectivity index (χ2v) is 2.96. The Kier molecular flexibility index (Phi) is 3.96. The number of thiocarbonyl (C=S) groups is 1. The topological polar surface area (TPSA) is 75.3 Å². The molecule has 0 bridgehead atoms. The summed E-state index contributed by atoms with van der Waals surface area (Å²) in [5, 5.41) is 4.09. The number of nitrogens with one attached hydrogen (secondary N) is 2. The van der Waals surface area contributed by atoms with E-state index in [2.05, 4.69) is 20.9 Å². The van der Waals surface area contributed by atoms with Gasteiger partial charge in [-0.25, -0.2) is 5.84 Å². The summed E-state index contributed by atoms with van der Waals surface area (Å²) in [6, 6.07) is 5.66. The minimum Gasteiger partial charge on any atom is -0.300 e. The number of hydrogen-bond acceptors (Lipinski definition) is 4. The third kappa shape index (κ3) is 3.46. The lowest BCUT2D eigenvalue weighted by Gasteiger charge is -1.99. The van der Waals surface area contributed by atoms with E-state index in [-0.39, 0.29) is 5.11 Å². The first kappa shape index (κ1) is 10.6. The van der Waals surface area contributed by atoms with E-state index in [1.165, 1.54) is 0 Å². The molecule has 0 radical (unpaired) electrons. The largest absolute Gasteiger partial charge is 0.300 e. The molecule has 4 N–H and O–H groups in total. The van der Waals surface area contributed by atoms with Crippen molar-refractivity contribution in [2.24, 2.45) is 10.9 Å². The monoisotopic (exact) mass is 209 g/mol. The molecule has 0 spiro atoms. The molecule has 74 valence electrons. The van der Waals surface area contributed by atoms with E-state index in [1.54, 1.807) is 6.21 Å². The predicted octanol–water partition coefficient (Wildman–Crippen LogP) is 0.0617. The van der Waals surface area contributed by atoms with Gasteiger partial charge < -0.3 is 0 Å². The fourth-order valence-corrected chi connectivity index (χ4v) is 0.878. The lowest BCUT2D eigenvalue weighted by atomic mass is 10.3. The van der Waals surface area contributed by atoms with E-state index in [1.807, 2.05) is 25.1 Å². The Bertz CT molecular complexity index is 349. The fourth-order valence-electron chi connectivity index (χ4n) is 0.825. The Morgan fingerprint density at radius 3 is 3.07 bits per heavy atom. The number of rotatable bonds is 2. The quantitative estimate of drug-likeness (QED) is 0.278.